The van der Waals surface area contributed by atoms with Crippen molar-refractivity contribution in [3.8, 4) is 33.6 Å². The maximum absolute atomic E-state index is 8.57. The van der Waals surface area contributed by atoms with Crippen LogP contribution in [-0.4, -0.2) is 20.9 Å². The number of rotatable bonds is 6. The molecule has 0 fully saturated rings. The first-order chi connectivity index (χ1) is 29.1. The van der Waals surface area contributed by atoms with Crippen molar-refractivity contribution in [1.82, 2.24) is 9.13 Å². The zero-order valence-electron chi connectivity index (χ0n) is 31.9. The van der Waals surface area contributed by atoms with Gasteiger partial charge in [-0.1, -0.05) is 109 Å². The Hall–Kier alpha value is -8.02. The average Bonchev–Trinajstić information content (AvgIpc) is 3.81. The van der Waals surface area contributed by atoms with Crippen LogP contribution in [0.3, 0.4) is 0 Å². The summed E-state index contributed by atoms with van der Waals surface area (Å²) in [6.07, 6.45) is 0. The number of para-hydroxylation sites is 2. The Bertz CT molecular complexity index is 3430. The SMILES string of the molecule is N=C(OC(=N)c1ccc(-n2c3ccccc3c3cc(-c4ccc5c(c4)c4cc(-c6ccc7ccccc7c6)ccc4n5-c4ccccc4)ccc32)cc1)c1ccccc1. The van der Waals surface area contributed by atoms with E-state index in [1.807, 2.05) is 42.5 Å². The maximum Gasteiger partial charge on any atom is 0.221 e. The number of hydrogen-bond acceptors (Lipinski definition) is 3. The molecule has 0 aliphatic carbocycles. The highest BCUT2D eigenvalue weighted by molar-refractivity contribution is 6.13. The average molecular weight is 757 g/mol. The van der Waals surface area contributed by atoms with Crippen LogP contribution in [0.5, 0.6) is 0 Å². The molecule has 0 aliphatic heterocycles. The van der Waals surface area contributed by atoms with Crippen LogP contribution in [0.2, 0.25) is 0 Å². The Morgan fingerprint density at radius 1 is 0.322 bits per heavy atom. The number of nitrogens with zero attached hydrogens (tertiary/aromatic N) is 2. The van der Waals surface area contributed by atoms with Gasteiger partial charge in [0.05, 0.1) is 22.1 Å². The van der Waals surface area contributed by atoms with E-state index in [-0.39, 0.29) is 11.8 Å². The van der Waals surface area contributed by atoms with Crippen molar-refractivity contribution in [3.63, 3.8) is 0 Å². The van der Waals surface area contributed by atoms with E-state index >= 15 is 0 Å². The fraction of sp³-hybridized carbons (Fsp3) is 0. The van der Waals surface area contributed by atoms with Crippen LogP contribution >= 0.6 is 0 Å². The van der Waals surface area contributed by atoms with Crippen LogP contribution in [-0.2, 0) is 4.74 Å². The van der Waals surface area contributed by atoms with Crippen molar-refractivity contribution in [3.05, 3.63) is 217 Å². The molecule has 59 heavy (non-hydrogen) atoms. The summed E-state index contributed by atoms with van der Waals surface area (Å²) in [5, 5.41) is 24.1. The van der Waals surface area contributed by atoms with E-state index in [1.54, 1.807) is 12.1 Å². The molecule has 11 rings (SSSR count). The van der Waals surface area contributed by atoms with Crippen molar-refractivity contribution < 1.29 is 4.74 Å². The third-order valence-electron chi connectivity index (χ3n) is 11.5. The second kappa shape index (κ2) is 13.9. The molecule has 0 aliphatic rings. The van der Waals surface area contributed by atoms with Gasteiger partial charge in [0.2, 0.25) is 11.8 Å². The zero-order valence-corrected chi connectivity index (χ0v) is 31.9. The number of nitrogens with one attached hydrogen (secondary N) is 2. The van der Waals surface area contributed by atoms with Gasteiger partial charge in [-0.15, -0.1) is 0 Å². The number of ether oxygens (including phenoxy) is 1. The van der Waals surface area contributed by atoms with Gasteiger partial charge in [0.15, 0.2) is 0 Å². The molecule has 0 spiro atoms. The topological polar surface area (TPSA) is 66.8 Å². The van der Waals surface area contributed by atoms with Gasteiger partial charge in [-0.25, -0.2) is 0 Å². The first-order valence-electron chi connectivity index (χ1n) is 19.7. The van der Waals surface area contributed by atoms with Crippen LogP contribution in [0, 0.1) is 10.8 Å². The molecule has 0 radical (unpaired) electrons. The molecule has 2 heterocycles. The van der Waals surface area contributed by atoms with E-state index in [4.69, 9.17) is 15.6 Å². The van der Waals surface area contributed by atoms with Crippen molar-refractivity contribution in [2.75, 3.05) is 0 Å². The summed E-state index contributed by atoms with van der Waals surface area (Å²) in [6.45, 7) is 0. The molecule has 9 aromatic carbocycles. The van der Waals surface area contributed by atoms with Gasteiger partial charge in [-0.2, -0.15) is 0 Å². The minimum absolute atomic E-state index is 0.0512. The summed E-state index contributed by atoms with van der Waals surface area (Å²) in [7, 11) is 0. The molecule has 5 heteroatoms. The minimum Gasteiger partial charge on any atom is -0.421 e. The third-order valence-corrected chi connectivity index (χ3v) is 11.5. The lowest BCUT2D eigenvalue weighted by atomic mass is 9.98. The summed E-state index contributed by atoms with van der Waals surface area (Å²) >= 11 is 0. The maximum atomic E-state index is 8.57. The molecule has 2 N–H and O–H groups in total. The first-order valence-corrected chi connectivity index (χ1v) is 19.7. The quantitative estimate of drug-likeness (QED) is 0.129. The number of benzene rings is 9. The molecule has 2 aromatic heterocycles. The van der Waals surface area contributed by atoms with E-state index in [9.17, 15) is 0 Å². The van der Waals surface area contributed by atoms with E-state index in [1.165, 1.54) is 54.5 Å². The lowest BCUT2D eigenvalue weighted by Crippen LogP contribution is -2.12. The number of fused-ring (bicyclic) bond motifs is 7. The standard InChI is InChI=1S/C54H36N4O/c55-53(36-12-3-1-4-13-36)59-54(56)37-21-26-44(27-22-37)58-49-18-10-9-17-45(49)46-32-41(24-28-50(46)58)42-25-30-52-48(34-42)47-33-40(39-20-19-35-11-7-8-14-38(35)31-39)23-29-51(47)57(52)43-15-5-2-6-16-43/h1-34,55-56H. The lowest BCUT2D eigenvalue weighted by molar-refractivity contribution is 0.538. The predicted octanol–water partition coefficient (Wildman–Crippen LogP) is 13.7. The number of hydrogen-bond donors (Lipinski definition) is 2. The highest BCUT2D eigenvalue weighted by Crippen LogP contribution is 2.39. The van der Waals surface area contributed by atoms with Gasteiger partial charge >= 0.3 is 0 Å². The fourth-order valence-electron chi connectivity index (χ4n) is 8.61. The summed E-state index contributed by atoms with van der Waals surface area (Å²) in [5.41, 5.74) is 12.6. The lowest BCUT2D eigenvalue weighted by Gasteiger charge is -2.11. The molecular formula is C54H36N4O. The summed E-state index contributed by atoms with van der Waals surface area (Å²) in [5.74, 6) is -0.115. The van der Waals surface area contributed by atoms with Crippen LogP contribution < -0.4 is 0 Å². The van der Waals surface area contributed by atoms with Gasteiger partial charge in [-0.05, 0) is 130 Å². The second-order valence-electron chi connectivity index (χ2n) is 15.0. The Balaban J connectivity index is 1.00. The summed E-state index contributed by atoms with van der Waals surface area (Å²) < 4.78 is 10.3. The Morgan fingerprint density at radius 3 is 1.36 bits per heavy atom. The largest absolute Gasteiger partial charge is 0.421 e. The van der Waals surface area contributed by atoms with E-state index in [0.29, 0.717) is 11.1 Å². The van der Waals surface area contributed by atoms with Gasteiger partial charge in [-0.3, -0.25) is 10.8 Å². The van der Waals surface area contributed by atoms with Gasteiger partial charge in [0.1, 0.15) is 0 Å². The Kier molecular flexibility index (Phi) is 8.05. The molecule has 278 valence electrons. The van der Waals surface area contributed by atoms with E-state index in [0.717, 1.165) is 33.5 Å². The van der Waals surface area contributed by atoms with Crippen molar-refractivity contribution >= 4 is 66.2 Å². The second-order valence-corrected chi connectivity index (χ2v) is 15.0. The van der Waals surface area contributed by atoms with Crippen molar-refractivity contribution in [1.29, 1.82) is 10.8 Å². The zero-order chi connectivity index (χ0) is 39.5. The first kappa shape index (κ1) is 34.2. The van der Waals surface area contributed by atoms with Crippen LogP contribution in [0.25, 0.3) is 88.0 Å². The molecule has 11 aromatic rings. The van der Waals surface area contributed by atoms with Crippen molar-refractivity contribution in [2.24, 2.45) is 0 Å². The fourth-order valence-corrected chi connectivity index (χ4v) is 8.61. The van der Waals surface area contributed by atoms with Crippen LogP contribution in [0.1, 0.15) is 11.1 Å². The molecule has 0 bridgehead atoms. The van der Waals surface area contributed by atoms with Crippen molar-refractivity contribution in [2.45, 2.75) is 0 Å². The predicted molar refractivity (Wildman–Crippen MR) is 245 cm³/mol. The monoisotopic (exact) mass is 756 g/mol. The van der Waals surface area contributed by atoms with Gasteiger partial charge in [0.25, 0.3) is 0 Å². The summed E-state index contributed by atoms with van der Waals surface area (Å²) in [4.78, 5) is 0. The number of aromatic nitrogens is 2. The highest BCUT2D eigenvalue weighted by Gasteiger charge is 2.18. The molecule has 0 saturated heterocycles. The van der Waals surface area contributed by atoms with Gasteiger partial charge in [0, 0.05) is 44.0 Å². The molecule has 0 atom stereocenters. The van der Waals surface area contributed by atoms with E-state index < -0.39 is 0 Å². The minimum atomic E-state index is -0.0639. The molecular weight excluding hydrogens is 721 g/mol. The highest BCUT2D eigenvalue weighted by atomic mass is 16.5. The molecule has 0 unspecified atom stereocenters. The normalized spacial score (nSPS) is 11.5. The smallest absolute Gasteiger partial charge is 0.221 e. The Morgan fingerprint density at radius 2 is 0.746 bits per heavy atom. The molecule has 5 nitrogen and oxygen atoms in total. The summed E-state index contributed by atoms with van der Waals surface area (Å²) in [6, 6.07) is 71.9. The van der Waals surface area contributed by atoms with Gasteiger partial charge < -0.3 is 13.9 Å². The molecule has 0 amide bonds. The van der Waals surface area contributed by atoms with Crippen LogP contribution in [0.15, 0.2) is 206 Å². The Labute approximate surface area is 340 Å². The van der Waals surface area contributed by atoms with E-state index in [2.05, 4.69) is 161 Å². The molecule has 0 saturated carbocycles. The third kappa shape index (κ3) is 5.87. The van der Waals surface area contributed by atoms with Crippen LogP contribution in [0.4, 0.5) is 0 Å².